The highest BCUT2D eigenvalue weighted by atomic mass is 32.1. The maximum Gasteiger partial charge on any atom is 0.253 e. The van der Waals surface area contributed by atoms with Crippen molar-refractivity contribution in [3.8, 4) is 0 Å². The number of carbonyl (C=O) groups is 2. The first-order valence-corrected chi connectivity index (χ1v) is 11.2. The highest BCUT2D eigenvalue weighted by molar-refractivity contribution is 7.13. The second-order valence-corrected chi connectivity index (χ2v) is 8.51. The molecule has 0 saturated carbocycles. The summed E-state index contributed by atoms with van der Waals surface area (Å²) in [5, 5.41) is 17.0. The summed E-state index contributed by atoms with van der Waals surface area (Å²) in [6.45, 7) is 2.03. The monoisotopic (exact) mass is 435 g/mol. The fraction of sp³-hybridized carbons (Fsp3) is 0.292. The van der Waals surface area contributed by atoms with Crippen LogP contribution in [0.15, 0.2) is 60.8 Å². The number of nitrogens with one attached hydrogen (secondary N) is 2. The zero-order valence-electron chi connectivity index (χ0n) is 17.2. The lowest BCUT2D eigenvalue weighted by atomic mass is 10.0. The molecule has 1 aliphatic carbocycles. The van der Waals surface area contributed by atoms with E-state index >= 15 is 0 Å². The van der Waals surface area contributed by atoms with Crippen molar-refractivity contribution < 1.29 is 14.7 Å². The van der Waals surface area contributed by atoms with E-state index in [0.29, 0.717) is 12.0 Å². The lowest BCUT2D eigenvalue weighted by molar-refractivity contribution is -0.128. The largest absolute Gasteiger partial charge is 0.379 e. The van der Waals surface area contributed by atoms with Gasteiger partial charge in [-0.2, -0.15) is 4.37 Å². The van der Waals surface area contributed by atoms with Crippen molar-refractivity contribution in [2.24, 2.45) is 0 Å². The van der Waals surface area contributed by atoms with Gasteiger partial charge in [0.15, 0.2) is 6.10 Å². The van der Waals surface area contributed by atoms with Crippen LogP contribution < -0.4 is 10.6 Å². The number of allylic oxidation sites excluding steroid dienone is 1. The predicted octanol–water partition coefficient (Wildman–Crippen LogP) is 3.53. The SMILES string of the molecule is CCC/C=C/C(O)C(=O)N[C@@H]1Cc2ccccc2[C@H]1NC(=O)c1cccc2sncc12. The number of fused-ring (bicyclic) bond motifs is 2. The molecule has 0 aliphatic heterocycles. The van der Waals surface area contributed by atoms with Crippen LogP contribution in [0.3, 0.4) is 0 Å². The predicted molar refractivity (Wildman–Crippen MR) is 122 cm³/mol. The average Bonchev–Trinajstić information content (AvgIpc) is 3.38. The Hall–Kier alpha value is -3.03. The van der Waals surface area contributed by atoms with E-state index in [2.05, 4.69) is 15.0 Å². The Morgan fingerprint density at radius 3 is 2.90 bits per heavy atom. The summed E-state index contributed by atoms with van der Waals surface area (Å²) in [6.07, 6.45) is 6.15. The molecule has 0 radical (unpaired) electrons. The number of benzene rings is 2. The summed E-state index contributed by atoms with van der Waals surface area (Å²) in [4.78, 5) is 25.7. The number of aliphatic hydroxyl groups is 1. The molecule has 7 heteroatoms. The molecule has 0 spiro atoms. The van der Waals surface area contributed by atoms with Gasteiger partial charge in [0.25, 0.3) is 11.8 Å². The lowest BCUT2D eigenvalue weighted by Crippen LogP contribution is -2.47. The van der Waals surface area contributed by atoms with Crippen molar-refractivity contribution in [3.63, 3.8) is 0 Å². The number of nitrogens with zero attached hydrogens (tertiary/aromatic N) is 1. The number of aliphatic hydroxyl groups excluding tert-OH is 1. The minimum absolute atomic E-state index is 0.213. The standard InChI is InChI=1S/C24H25N3O3S/c1-2-3-4-11-20(28)24(30)26-19-13-15-8-5-6-9-16(15)22(19)27-23(29)17-10-7-12-21-18(17)14-25-31-21/h4-12,14,19-20,22,28H,2-3,13H2,1H3,(H,26,30)(H,27,29)/b11-4+/t19-,20?,22-/m1/s1. The van der Waals surface area contributed by atoms with Gasteiger partial charge in [0, 0.05) is 17.1 Å². The summed E-state index contributed by atoms with van der Waals surface area (Å²) in [5.74, 6) is -0.677. The summed E-state index contributed by atoms with van der Waals surface area (Å²) in [7, 11) is 0. The van der Waals surface area contributed by atoms with Crippen LogP contribution in [0.5, 0.6) is 0 Å². The lowest BCUT2D eigenvalue weighted by Gasteiger charge is -2.24. The van der Waals surface area contributed by atoms with E-state index in [0.717, 1.165) is 34.1 Å². The fourth-order valence-corrected chi connectivity index (χ4v) is 4.64. The van der Waals surface area contributed by atoms with Crippen molar-refractivity contribution in [2.75, 3.05) is 0 Å². The van der Waals surface area contributed by atoms with Crippen LogP contribution in [0, 0.1) is 0 Å². The minimum Gasteiger partial charge on any atom is -0.379 e. The van der Waals surface area contributed by atoms with Gasteiger partial charge in [-0.15, -0.1) is 0 Å². The second-order valence-electron chi connectivity index (χ2n) is 7.67. The van der Waals surface area contributed by atoms with E-state index < -0.39 is 12.0 Å². The van der Waals surface area contributed by atoms with E-state index in [1.165, 1.54) is 17.6 Å². The Labute approximate surface area is 185 Å². The molecule has 1 aromatic heterocycles. The third-order valence-corrected chi connectivity index (χ3v) is 6.30. The zero-order valence-corrected chi connectivity index (χ0v) is 18.1. The number of aromatic nitrogens is 1. The molecule has 1 unspecified atom stereocenters. The Morgan fingerprint density at radius 2 is 2.06 bits per heavy atom. The second kappa shape index (κ2) is 9.41. The Morgan fingerprint density at radius 1 is 1.23 bits per heavy atom. The molecule has 0 saturated heterocycles. The first kappa shape index (κ1) is 21.2. The molecular weight excluding hydrogens is 410 g/mol. The van der Waals surface area contributed by atoms with E-state index in [9.17, 15) is 14.7 Å². The number of carbonyl (C=O) groups excluding carboxylic acids is 2. The van der Waals surface area contributed by atoms with Gasteiger partial charge in [-0.1, -0.05) is 55.8 Å². The van der Waals surface area contributed by atoms with Gasteiger partial charge in [0.1, 0.15) is 0 Å². The first-order valence-electron chi connectivity index (χ1n) is 10.5. The number of hydrogen-bond donors (Lipinski definition) is 3. The van der Waals surface area contributed by atoms with Crippen LogP contribution in [0.2, 0.25) is 0 Å². The summed E-state index contributed by atoms with van der Waals surface area (Å²) < 4.78 is 5.14. The molecule has 4 rings (SSSR count). The molecule has 160 valence electrons. The van der Waals surface area contributed by atoms with Crippen molar-refractivity contribution >= 4 is 33.4 Å². The van der Waals surface area contributed by atoms with E-state index in [4.69, 9.17) is 0 Å². The molecular formula is C24H25N3O3S. The third kappa shape index (κ3) is 4.52. The Kier molecular flexibility index (Phi) is 6.44. The van der Waals surface area contributed by atoms with Gasteiger partial charge < -0.3 is 15.7 Å². The van der Waals surface area contributed by atoms with Crippen molar-refractivity contribution in [3.05, 3.63) is 77.5 Å². The number of rotatable bonds is 7. The third-order valence-electron chi connectivity index (χ3n) is 5.53. The molecule has 0 bridgehead atoms. The van der Waals surface area contributed by atoms with Gasteiger partial charge >= 0.3 is 0 Å². The number of amides is 2. The van der Waals surface area contributed by atoms with Gasteiger partial charge in [0.05, 0.1) is 16.8 Å². The number of unbranched alkanes of at least 4 members (excludes halogenated alkanes) is 1. The molecule has 0 fully saturated rings. The van der Waals surface area contributed by atoms with E-state index in [1.54, 1.807) is 12.3 Å². The van der Waals surface area contributed by atoms with Crippen LogP contribution >= 0.6 is 11.5 Å². The number of hydrogen-bond acceptors (Lipinski definition) is 5. The van der Waals surface area contributed by atoms with Crippen LogP contribution in [0.25, 0.3) is 10.1 Å². The molecule has 3 aromatic rings. The maximum absolute atomic E-state index is 13.2. The topological polar surface area (TPSA) is 91.3 Å². The van der Waals surface area contributed by atoms with Gasteiger partial charge in [0.2, 0.25) is 0 Å². The smallest absolute Gasteiger partial charge is 0.253 e. The van der Waals surface area contributed by atoms with Gasteiger partial charge in [-0.25, -0.2) is 0 Å². The average molecular weight is 436 g/mol. The molecule has 3 N–H and O–H groups in total. The van der Waals surface area contributed by atoms with E-state index in [1.807, 2.05) is 49.4 Å². The molecule has 3 atom stereocenters. The van der Waals surface area contributed by atoms with Crippen LogP contribution in [0.4, 0.5) is 0 Å². The molecule has 6 nitrogen and oxygen atoms in total. The fourth-order valence-electron chi connectivity index (χ4n) is 3.96. The minimum atomic E-state index is -1.21. The van der Waals surface area contributed by atoms with Crippen molar-refractivity contribution in [1.82, 2.24) is 15.0 Å². The zero-order chi connectivity index (χ0) is 21.8. The van der Waals surface area contributed by atoms with Crippen molar-refractivity contribution in [2.45, 2.75) is 44.4 Å². The summed E-state index contributed by atoms with van der Waals surface area (Å²) >= 11 is 1.35. The Bertz CT molecular complexity index is 1120. The van der Waals surface area contributed by atoms with Crippen LogP contribution in [-0.4, -0.2) is 33.4 Å². The first-order chi connectivity index (χ1) is 15.1. The van der Waals surface area contributed by atoms with E-state index in [-0.39, 0.29) is 18.0 Å². The van der Waals surface area contributed by atoms with Crippen LogP contribution in [0.1, 0.15) is 47.3 Å². The van der Waals surface area contributed by atoms with Gasteiger partial charge in [-0.3, -0.25) is 9.59 Å². The quantitative estimate of drug-likeness (QED) is 0.495. The maximum atomic E-state index is 13.2. The summed E-state index contributed by atoms with van der Waals surface area (Å²) in [6, 6.07) is 12.7. The highest BCUT2D eigenvalue weighted by Gasteiger charge is 2.35. The normalized spacial score (nSPS) is 18.8. The Balaban J connectivity index is 1.55. The summed E-state index contributed by atoms with van der Waals surface area (Å²) in [5.41, 5.74) is 2.61. The molecule has 2 amide bonds. The molecule has 1 heterocycles. The highest BCUT2D eigenvalue weighted by Crippen LogP contribution is 2.32. The van der Waals surface area contributed by atoms with Crippen molar-refractivity contribution in [1.29, 1.82) is 0 Å². The molecule has 1 aliphatic rings. The van der Waals surface area contributed by atoms with Crippen LogP contribution in [-0.2, 0) is 11.2 Å². The molecule has 31 heavy (non-hydrogen) atoms. The molecule has 2 aromatic carbocycles. The van der Waals surface area contributed by atoms with Gasteiger partial charge in [-0.05, 0) is 47.6 Å².